The molecular weight excluding hydrogens is 274 g/mol. The van der Waals surface area contributed by atoms with Gasteiger partial charge >= 0.3 is 0 Å². The number of rotatable bonds is 7. The summed E-state index contributed by atoms with van der Waals surface area (Å²) in [6.07, 6.45) is 0.856. The first-order valence-electron chi connectivity index (χ1n) is 7.66. The number of benzene rings is 2. The summed E-state index contributed by atoms with van der Waals surface area (Å²) in [6, 6.07) is 18.0. The molecule has 0 fully saturated rings. The molecule has 0 bridgehead atoms. The van der Waals surface area contributed by atoms with Gasteiger partial charge in [-0.05, 0) is 37.5 Å². The van der Waals surface area contributed by atoms with Crippen LogP contribution in [0.5, 0.6) is 5.75 Å². The van der Waals surface area contributed by atoms with Crippen LogP contribution in [0.4, 0.5) is 0 Å². The molecular formula is C19H25NO2. The van der Waals surface area contributed by atoms with E-state index >= 15 is 0 Å². The van der Waals surface area contributed by atoms with Gasteiger partial charge in [0.05, 0.1) is 12.7 Å². The molecule has 2 atom stereocenters. The van der Waals surface area contributed by atoms with Crippen molar-refractivity contribution in [3.8, 4) is 5.75 Å². The highest BCUT2D eigenvalue weighted by molar-refractivity contribution is 5.33. The van der Waals surface area contributed by atoms with Crippen LogP contribution >= 0.6 is 0 Å². The Kier molecular flexibility index (Phi) is 5.58. The minimum absolute atomic E-state index is 0.242. The highest BCUT2D eigenvalue weighted by atomic mass is 16.5. The monoisotopic (exact) mass is 299 g/mol. The summed E-state index contributed by atoms with van der Waals surface area (Å²) < 4.78 is 5.38. The van der Waals surface area contributed by atoms with Crippen molar-refractivity contribution < 1.29 is 9.84 Å². The molecule has 3 nitrogen and oxygen atoms in total. The fourth-order valence-electron chi connectivity index (χ4n) is 2.55. The van der Waals surface area contributed by atoms with Gasteiger partial charge in [-0.1, -0.05) is 48.5 Å². The molecule has 22 heavy (non-hydrogen) atoms. The fourth-order valence-corrected chi connectivity index (χ4v) is 2.55. The van der Waals surface area contributed by atoms with Crippen molar-refractivity contribution in [1.29, 1.82) is 0 Å². The van der Waals surface area contributed by atoms with Gasteiger partial charge < -0.3 is 15.2 Å². The molecule has 2 unspecified atom stereocenters. The number of nitrogens with one attached hydrogen (secondary N) is 1. The van der Waals surface area contributed by atoms with Gasteiger partial charge in [0.25, 0.3) is 0 Å². The third-order valence-corrected chi connectivity index (χ3v) is 3.91. The number of aliphatic hydroxyl groups is 1. The number of hydrogen-bond acceptors (Lipinski definition) is 3. The van der Waals surface area contributed by atoms with Crippen LogP contribution in [0, 0.1) is 0 Å². The summed E-state index contributed by atoms with van der Waals surface area (Å²) in [4.78, 5) is 0. The van der Waals surface area contributed by atoms with Crippen molar-refractivity contribution in [3.05, 3.63) is 65.7 Å². The van der Waals surface area contributed by atoms with Gasteiger partial charge in [0.2, 0.25) is 0 Å². The number of para-hydroxylation sites is 1. The van der Waals surface area contributed by atoms with E-state index in [1.165, 1.54) is 5.56 Å². The third kappa shape index (κ3) is 4.33. The zero-order valence-electron chi connectivity index (χ0n) is 13.5. The average Bonchev–Trinajstić information content (AvgIpc) is 2.54. The lowest BCUT2D eigenvalue weighted by Gasteiger charge is -2.26. The van der Waals surface area contributed by atoms with Crippen LogP contribution in [-0.2, 0) is 12.0 Å². The fraction of sp³-hybridized carbons (Fsp3) is 0.368. The van der Waals surface area contributed by atoms with Gasteiger partial charge in [-0.25, -0.2) is 0 Å². The predicted molar refractivity (Wildman–Crippen MR) is 90.2 cm³/mol. The maximum atomic E-state index is 10.6. The predicted octanol–water partition coefficient (Wildman–Crippen LogP) is 3.12. The van der Waals surface area contributed by atoms with Crippen molar-refractivity contribution in [2.24, 2.45) is 0 Å². The Morgan fingerprint density at radius 2 is 1.73 bits per heavy atom. The van der Waals surface area contributed by atoms with E-state index in [0.717, 1.165) is 17.7 Å². The van der Waals surface area contributed by atoms with Crippen LogP contribution in [0.3, 0.4) is 0 Å². The van der Waals surface area contributed by atoms with Crippen LogP contribution in [0.1, 0.15) is 25.0 Å². The van der Waals surface area contributed by atoms with Gasteiger partial charge in [-0.3, -0.25) is 0 Å². The molecule has 0 heterocycles. The zero-order valence-corrected chi connectivity index (χ0v) is 13.5. The largest absolute Gasteiger partial charge is 0.496 e. The molecule has 0 saturated carbocycles. The van der Waals surface area contributed by atoms with Crippen LogP contribution in [0.25, 0.3) is 0 Å². The number of methoxy groups -OCH3 is 1. The Morgan fingerprint density at radius 3 is 2.41 bits per heavy atom. The molecule has 0 spiro atoms. The summed E-state index contributed by atoms with van der Waals surface area (Å²) in [7, 11) is 1.69. The van der Waals surface area contributed by atoms with E-state index in [0.29, 0.717) is 6.54 Å². The van der Waals surface area contributed by atoms with E-state index in [2.05, 4.69) is 18.3 Å². The van der Waals surface area contributed by atoms with Gasteiger partial charge in [0.15, 0.2) is 0 Å². The lowest BCUT2D eigenvalue weighted by atomic mass is 9.95. The van der Waals surface area contributed by atoms with Crippen LogP contribution in [0.15, 0.2) is 54.6 Å². The SMILES string of the molecule is COc1ccccc1CC(C)NCC(C)(O)c1ccccc1. The molecule has 118 valence electrons. The molecule has 0 aliphatic heterocycles. The topological polar surface area (TPSA) is 41.5 Å². The van der Waals surface area contributed by atoms with Crippen molar-refractivity contribution in [2.45, 2.75) is 31.9 Å². The first-order valence-corrected chi connectivity index (χ1v) is 7.66. The summed E-state index contributed by atoms with van der Waals surface area (Å²) >= 11 is 0. The highest BCUT2D eigenvalue weighted by Crippen LogP contribution is 2.21. The Hall–Kier alpha value is -1.84. The smallest absolute Gasteiger partial charge is 0.122 e. The number of hydrogen-bond donors (Lipinski definition) is 2. The van der Waals surface area contributed by atoms with Crippen molar-refractivity contribution in [2.75, 3.05) is 13.7 Å². The second kappa shape index (κ2) is 7.43. The van der Waals surface area contributed by atoms with E-state index in [-0.39, 0.29) is 6.04 Å². The Morgan fingerprint density at radius 1 is 1.09 bits per heavy atom. The lowest BCUT2D eigenvalue weighted by Crippen LogP contribution is -2.40. The maximum absolute atomic E-state index is 10.6. The molecule has 0 aliphatic rings. The Labute approximate surface area is 133 Å². The van der Waals surface area contributed by atoms with E-state index in [4.69, 9.17) is 4.74 Å². The van der Waals surface area contributed by atoms with Gasteiger partial charge in [-0.15, -0.1) is 0 Å². The quantitative estimate of drug-likeness (QED) is 0.825. The van der Waals surface area contributed by atoms with Crippen molar-refractivity contribution >= 4 is 0 Å². The molecule has 2 aromatic carbocycles. The summed E-state index contributed by atoms with van der Waals surface area (Å²) in [6.45, 7) is 4.46. The van der Waals surface area contributed by atoms with Gasteiger partial charge in [0.1, 0.15) is 5.75 Å². The molecule has 0 aromatic heterocycles. The summed E-state index contributed by atoms with van der Waals surface area (Å²) in [5, 5.41) is 14.0. The van der Waals surface area contributed by atoms with Crippen molar-refractivity contribution in [1.82, 2.24) is 5.32 Å². The minimum Gasteiger partial charge on any atom is -0.496 e. The van der Waals surface area contributed by atoms with Crippen LogP contribution < -0.4 is 10.1 Å². The molecule has 0 saturated heterocycles. The standard InChI is InChI=1S/C19H25NO2/c1-15(13-16-9-7-8-12-18(16)22-3)20-14-19(2,21)17-10-5-4-6-11-17/h4-12,15,20-21H,13-14H2,1-3H3. The molecule has 0 amide bonds. The normalized spacial score (nSPS) is 15.1. The van der Waals surface area contributed by atoms with E-state index in [9.17, 15) is 5.11 Å². The van der Waals surface area contributed by atoms with Crippen molar-refractivity contribution in [3.63, 3.8) is 0 Å². The van der Waals surface area contributed by atoms with E-state index < -0.39 is 5.60 Å². The third-order valence-electron chi connectivity index (χ3n) is 3.91. The van der Waals surface area contributed by atoms with Gasteiger partial charge in [0, 0.05) is 12.6 Å². The second-order valence-corrected chi connectivity index (χ2v) is 5.94. The molecule has 2 aromatic rings. The first kappa shape index (κ1) is 16.5. The molecule has 0 aliphatic carbocycles. The average molecular weight is 299 g/mol. The van der Waals surface area contributed by atoms with Gasteiger partial charge in [-0.2, -0.15) is 0 Å². The van der Waals surface area contributed by atoms with Crippen LogP contribution in [-0.4, -0.2) is 24.8 Å². The zero-order chi connectivity index (χ0) is 16.0. The summed E-state index contributed by atoms with van der Waals surface area (Å²) in [5.74, 6) is 0.908. The molecule has 0 radical (unpaired) electrons. The molecule has 2 N–H and O–H groups in total. The van der Waals surface area contributed by atoms with Crippen LogP contribution in [0.2, 0.25) is 0 Å². The molecule has 2 rings (SSSR count). The summed E-state index contributed by atoms with van der Waals surface area (Å²) in [5.41, 5.74) is 1.22. The van der Waals surface area contributed by atoms with E-state index in [1.807, 2.05) is 55.5 Å². The second-order valence-electron chi connectivity index (χ2n) is 5.94. The maximum Gasteiger partial charge on any atom is 0.122 e. The first-order chi connectivity index (χ1) is 10.5. The van der Waals surface area contributed by atoms with E-state index in [1.54, 1.807) is 7.11 Å². The Balaban J connectivity index is 1.94. The Bertz CT molecular complexity index is 581. The molecule has 3 heteroatoms. The highest BCUT2D eigenvalue weighted by Gasteiger charge is 2.23. The lowest BCUT2D eigenvalue weighted by molar-refractivity contribution is 0.0544. The minimum atomic E-state index is -0.879. The number of ether oxygens (including phenoxy) is 1.